The van der Waals surface area contributed by atoms with Crippen LogP contribution in [0, 0.1) is 0 Å². The standard InChI is InChI=1S/C12H14N4O2S/c1-16(2)19(17,18)10-5-3-9(4-6-10)11-7-8-14-12(13)15-11/h3-8H,1-2H3,(H2,13,14,15). The molecule has 1 heterocycles. The molecule has 0 fully saturated rings. The molecule has 0 aliphatic carbocycles. The maximum atomic E-state index is 11.9. The number of rotatable bonds is 3. The van der Waals surface area contributed by atoms with Crippen LogP contribution in [0.2, 0.25) is 0 Å². The predicted molar refractivity (Wildman–Crippen MR) is 72.8 cm³/mol. The highest BCUT2D eigenvalue weighted by Gasteiger charge is 2.16. The Bertz CT molecular complexity index is 681. The monoisotopic (exact) mass is 278 g/mol. The lowest BCUT2D eigenvalue weighted by molar-refractivity contribution is 0.521. The van der Waals surface area contributed by atoms with E-state index < -0.39 is 10.0 Å². The minimum atomic E-state index is -3.41. The second-order valence-electron chi connectivity index (χ2n) is 4.11. The quantitative estimate of drug-likeness (QED) is 0.903. The Kier molecular flexibility index (Phi) is 3.50. The van der Waals surface area contributed by atoms with Crippen molar-refractivity contribution in [1.29, 1.82) is 0 Å². The van der Waals surface area contributed by atoms with Gasteiger partial charge in [-0.15, -0.1) is 0 Å². The van der Waals surface area contributed by atoms with Crippen LogP contribution in [0.4, 0.5) is 5.95 Å². The van der Waals surface area contributed by atoms with E-state index in [4.69, 9.17) is 5.73 Å². The molecule has 0 bridgehead atoms. The van der Waals surface area contributed by atoms with Crippen LogP contribution in [0.1, 0.15) is 0 Å². The molecule has 0 unspecified atom stereocenters. The van der Waals surface area contributed by atoms with Gasteiger partial charge in [-0.2, -0.15) is 0 Å². The van der Waals surface area contributed by atoms with Crippen molar-refractivity contribution in [2.75, 3.05) is 19.8 Å². The maximum absolute atomic E-state index is 11.9. The number of benzene rings is 1. The van der Waals surface area contributed by atoms with Crippen molar-refractivity contribution in [1.82, 2.24) is 14.3 Å². The van der Waals surface area contributed by atoms with Crippen LogP contribution in [0.5, 0.6) is 0 Å². The lowest BCUT2D eigenvalue weighted by atomic mass is 10.1. The van der Waals surface area contributed by atoms with E-state index in [0.717, 1.165) is 5.56 Å². The van der Waals surface area contributed by atoms with Gasteiger partial charge >= 0.3 is 0 Å². The van der Waals surface area contributed by atoms with Crippen molar-refractivity contribution < 1.29 is 8.42 Å². The minimum Gasteiger partial charge on any atom is -0.368 e. The fourth-order valence-electron chi connectivity index (χ4n) is 1.54. The van der Waals surface area contributed by atoms with Gasteiger partial charge in [-0.05, 0) is 18.2 Å². The zero-order chi connectivity index (χ0) is 14.0. The topological polar surface area (TPSA) is 89.2 Å². The molecule has 100 valence electrons. The Labute approximate surface area is 112 Å². The molecule has 19 heavy (non-hydrogen) atoms. The average Bonchev–Trinajstić information content (AvgIpc) is 2.38. The maximum Gasteiger partial charge on any atom is 0.242 e. The molecule has 1 aromatic carbocycles. The molecule has 0 saturated heterocycles. The zero-order valence-electron chi connectivity index (χ0n) is 10.6. The summed E-state index contributed by atoms with van der Waals surface area (Å²) >= 11 is 0. The molecular formula is C12H14N4O2S. The number of nitrogens with zero attached hydrogens (tertiary/aromatic N) is 3. The summed E-state index contributed by atoms with van der Waals surface area (Å²) in [6.07, 6.45) is 1.56. The van der Waals surface area contributed by atoms with Gasteiger partial charge in [0.1, 0.15) is 0 Å². The number of hydrogen-bond donors (Lipinski definition) is 1. The van der Waals surface area contributed by atoms with Gasteiger partial charge in [-0.25, -0.2) is 22.7 Å². The molecule has 6 nitrogen and oxygen atoms in total. The first kappa shape index (κ1) is 13.4. The highest BCUT2D eigenvalue weighted by Crippen LogP contribution is 2.20. The summed E-state index contributed by atoms with van der Waals surface area (Å²) < 4.78 is 25.0. The van der Waals surface area contributed by atoms with Crippen LogP contribution in [0.25, 0.3) is 11.3 Å². The predicted octanol–water partition coefficient (Wildman–Crippen LogP) is 0.976. The zero-order valence-corrected chi connectivity index (χ0v) is 11.4. The van der Waals surface area contributed by atoms with Gasteiger partial charge in [0.15, 0.2) is 0 Å². The normalized spacial score (nSPS) is 11.7. The third-order valence-electron chi connectivity index (χ3n) is 2.60. The molecule has 0 saturated carbocycles. The smallest absolute Gasteiger partial charge is 0.242 e. The van der Waals surface area contributed by atoms with Crippen LogP contribution in [-0.2, 0) is 10.0 Å². The minimum absolute atomic E-state index is 0.183. The SMILES string of the molecule is CN(C)S(=O)(=O)c1ccc(-c2ccnc(N)n2)cc1. The van der Waals surface area contributed by atoms with Crippen molar-refractivity contribution >= 4 is 16.0 Å². The van der Waals surface area contributed by atoms with Crippen LogP contribution in [0.3, 0.4) is 0 Å². The Balaban J connectivity index is 2.39. The number of nitrogens with two attached hydrogens (primary N) is 1. The van der Waals surface area contributed by atoms with E-state index in [1.54, 1.807) is 36.5 Å². The molecule has 2 N–H and O–H groups in total. The largest absolute Gasteiger partial charge is 0.368 e. The van der Waals surface area contributed by atoms with E-state index in [2.05, 4.69) is 9.97 Å². The number of anilines is 1. The summed E-state index contributed by atoms with van der Waals surface area (Å²) in [5.41, 5.74) is 6.95. The highest BCUT2D eigenvalue weighted by atomic mass is 32.2. The molecule has 0 atom stereocenters. The van der Waals surface area contributed by atoms with Crippen molar-refractivity contribution in [2.45, 2.75) is 4.90 Å². The van der Waals surface area contributed by atoms with E-state index in [0.29, 0.717) is 5.69 Å². The number of hydrogen-bond acceptors (Lipinski definition) is 5. The molecule has 0 amide bonds. The van der Waals surface area contributed by atoms with Gasteiger partial charge in [-0.1, -0.05) is 12.1 Å². The molecule has 2 rings (SSSR count). The van der Waals surface area contributed by atoms with E-state index >= 15 is 0 Å². The number of aromatic nitrogens is 2. The molecule has 0 aliphatic heterocycles. The van der Waals surface area contributed by atoms with E-state index in [-0.39, 0.29) is 10.8 Å². The van der Waals surface area contributed by atoms with Crippen LogP contribution in [0.15, 0.2) is 41.4 Å². The van der Waals surface area contributed by atoms with Crippen LogP contribution < -0.4 is 5.73 Å². The first-order chi connectivity index (χ1) is 8.91. The molecular weight excluding hydrogens is 264 g/mol. The van der Waals surface area contributed by atoms with Gasteiger partial charge in [0.2, 0.25) is 16.0 Å². The molecule has 0 radical (unpaired) electrons. The van der Waals surface area contributed by atoms with Crippen molar-refractivity contribution in [3.8, 4) is 11.3 Å². The highest BCUT2D eigenvalue weighted by molar-refractivity contribution is 7.89. The lowest BCUT2D eigenvalue weighted by Gasteiger charge is -2.11. The Hall–Kier alpha value is -1.99. The number of nitrogen functional groups attached to an aromatic ring is 1. The summed E-state index contributed by atoms with van der Waals surface area (Å²) in [5, 5.41) is 0. The van der Waals surface area contributed by atoms with E-state index in [1.807, 2.05) is 0 Å². The Morgan fingerprint density at radius 3 is 2.26 bits per heavy atom. The third kappa shape index (κ3) is 2.72. The first-order valence-electron chi connectivity index (χ1n) is 5.53. The summed E-state index contributed by atoms with van der Waals surface area (Å²) in [5.74, 6) is 0.183. The van der Waals surface area contributed by atoms with Gasteiger partial charge < -0.3 is 5.73 Å². The average molecular weight is 278 g/mol. The number of sulfonamides is 1. The molecule has 1 aromatic heterocycles. The van der Waals surface area contributed by atoms with E-state index in [9.17, 15) is 8.42 Å². The molecule has 0 aliphatic rings. The fourth-order valence-corrected chi connectivity index (χ4v) is 2.44. The molecule has 0 spiro atoms. The summed E-state index contributed by atoms with van der Waals surface area (Å²) in [4.78, 5) is 8.13. The lowest BCUT2D eigenvalue weighted by Crippen LogP contribution is -2.22. The Morgan fingerprint density at radius 2 is 1.74 bits per heavy atom. The van der Waals surface area contributed by atoms with Gasteiger partial charge in [0.25, 0.3) is 0 Å². The van der Waals surface area contributed by atoms with Gasteiger partial charge in [0.05, 0.1) is 10.6 Å². The van der Waals surface area contributed by atoms with Gasteiger partial charge in [0, 0.05) is 25.9 Å². The fraction of sp³-hybridized carbons (Fsp3) is 0.167. The Morgan fingerprint density at radius 1 is 1.11 bits per heavy atom. The molecule has 7 heteroatoms. The second kappa shape index (κ2) is 4.94. The first-order valence-corrected chi connectivity index (χ1v) is 6.97. The van der Waals surface area contributed by atoms with Gasteiger partial charge in [-0.3, -0.25) is 0 Å². The summed E-state index contributed by atoms with van der Waals surface area (Å²) in [6, 6.07) is 8.19. The summed E-state index contributed by atoms with van der Waals surface area (Å²) in [6.45, 7) is 0. The molecule has 2 aromatic rings. The van der Waals surface area contributed by atoms with Crippen molar-refractivity contribution in [3.63, 3.8) is 0 Å². The van der Waals surface area contributed by atoms with Crippen molar-refractivity contribution in [3.05, 3.63) is 36.5 Å². The van der Waals surface area contributed by atoms with Crippen LogP contribution in [-0.4, -0.2) is 36.8 Å². The second-order valence-corrected chi connectivity index (χ2v) is 6.26. The third-order valence-corrected chi connectivity index (χ3v) is 4.43. The summed E-state index contributed by atoms with van der Waals surface area (Å²) in [7, 11) is -0.419. The van der Waals surface area contributed by atoms with Crippen LogP contribution >= 0.6 is 0 Å². The van der Waals surface area contributed by atoms with Crippen molar-refractivity contribution in [2.24, 2.45) is 0 Å². The van der Waals surface area contributed by atoms with E-state index in [1.165, 1.54) is 18.4 Å².